The lowest BCUT2D eigenvalue weighted by Gasteiger charge is -2.12. The number of hydrogen-bond donors (Lipinski definition) is 4. The second-order valence-corrected chi connectivity index (χ2v) is 6.54. The van der Waals surface area contributed by atoms with Crippen LogP contribution in [0.15, 0.2) is 47.4 Å². The molecule has 0 amide bonds. The van der Waals surface area contributed by atoms with Crippen molar-refractivity contribution in [3.8, 4) is 11.1 Å². The highest BCUT2D eigenvalue weighted by Crippen LogP contribution is 2.31. The lowest BCUT2D eigenvalue weighted by Crippen LogP contribution is -2.34. The summed E-state index contributed by atoms with van der Waals surface area (Å²) in [4.78, 5) is 32.2. The SMILES string of the molecule is CNC(Cc1c[nH]c2c(-c3ccc4[nH]c(=O)[nH]c4c3)cccc12)C(C)=O. The number of carbonyl (C=O) groups excluding carboxylic acids is 1. The average molecular weight is 348 g/mol. The van der Waals surface area contributed by atoms with Crippen molar-refractivity contribution in [3.05, 3.63) is 58.6 Å². The van der Waals surface area contributed by atoms with Crippen molar-refractivity contribution in [2.24, 2.45) is 0 Å². The standard InChI is InChI=1S/C20H20N4O2/c1-11(25)17(21-2)9-13-10-22-19-14(4-3-5-15(13)19)12-6-7-16-18(8-12)24-20(26)23-16/h3-8,10,17,21-22H,9H2,1-2H3,(H2,23,24,26). The Morgan fingerprint density at radius 1 is 1.15 bits per heavy atom. The first-order valence-corrected chi connectivity index (χ1v) is 8.56. The number of nitrogens with one attached hydrogen (secondary N) is 4. The molecule has 132 valence electrons. The van der Waals surface area contributed by atoms with Crippen molar-refractivity contribution >= 4 is 27.7 Å². The van der Waals surface area contributed by atoms with Crippen LogP contribution in [0.2, 0.25) is 0 Å². The molecule has 4 N–H and O–H groups in total. The van der Waals surface area contributed by atoms with Gasteiger partial charge >= 0.3 is 5.69 Å². The van der Waals surface area contributed by atoms with Crippen LogP contribution < -0.4 is 11.0 Å². The topological polar surface area (TPSA) is 93.5 Å². The van der Waals surface area contributed by atoms with Crippen LogP contribution in [0.1, 0.15) is 12.5 Å². The van der Waals surface area contributed by atoms with Crippen LogP contribution in [0.5, 0.6) is 0 Å². The third kappa shape index (κ3) is 2.74. The van der Waals surface area contributed by atoms with Gasteiger partial charge in [0.05, 0.1) is 22.6 Å². The Kier molecular flexibility index (Phi) is 3.97. The molecule has 1 atom stereocenters. The second kappa shape index (κ2) is 6.31. The smallest absolute Gasteiger partial charge is 0.323 e. The van der Waals surface area contributed by atoms with Crippen LogP contribution in [0.4, 0.5) is 0 Å². The maximum atomic E-state index is 11.7. The normalized spacial score (nSPS) is 12.7. The molecule has 2 heterocycles. The van der Waals surface area contributed by atoms with E-state index in [0.717, 1.165) is 38.6 Å². The maximum Gasteiger partial charge on any atom is 0.323 e. The minimum Gasteiger partial charge on any atom is -0.360 e. The Morgan fingerprint density at radius 2 is 1.96 bits per heavy atom. The first-order chi connectivity index (χ1) is 12.6. The summed E-state index contributed by atoms with van der Waals surface area (Å²) in [5.41, 5.74) is 5.56. The van der Waals surface area contributed by atoms with Crippen molar-refractivity contribution in [1.29, 1.82) is 0 Å². The van der Waals surface area contributed by atoms with E-state index in [1.54, 1.807) is 14.0 Å². The van der Waals surface area contributed by atoms with E-state index in [1.807, 2.05) is 30.5 Å². The minimum absolute atomic E-state index is 0.125. The van der Waals surface area contributed by atoms with E-state index in [2.05, 4.69) is 32.4 Å². The molecule has 4 aromatic rings. The number of Topliss-reactive ketones (excluding diaryl/α,β-unsaturated/α-hetero) is 1. The molecule has 0 spiro atoms. The number of aromatic nitrogens is 3. The van der Waals surface area contributed by atoms with Crippen LogP contribution in [0.25, 0.3) is 33.1 Å². The van der Waals surface area contributed by atoms with Crippen LogP contribution in [0, 0.1) is 0 Å². The fourth-order valence-electron chi connectivity index (χ4n) is 3.49. The van der Waals surface area contributed by atoms with Crippen molar-refractivity contribution < 1.29 is 4.79 Å². The van der Waals surface area contributed by atoms with Crippen molar-refractivity contribution in [3.63, 3.8) is 0 Å². The van der Waals surface area contributed by atoms with Gasteiger partial charge in [-0.05, 0) is 43.7 Å². The fraction of sp³-hybridized carbons (Fsp3) is 0.200. The largest absolute Gasteiger partial charge is 0.360 e. The number of imidazole rings is 1. The summed E-state index contributed by atoms with van der Waals surface area (Å²) in [6.45, 7) is 1.61. The molecule has 1 unspecified atom stereocenters. The molecule has 0 radical (unpaired) electrons. The summed E-state index contributed by atoms with van der Waals surface area (Å²) < 4.78 is 0. The number of para-hydroxylation sites is 1. The summed E-state index contributed by atoms with van der Waals surface area (Å²) in [6.07, 6.45) is 2.61. The molecule has 0 bridgehead atoms. The van der Waals surface area contributed by atoms with Gasteiger partial charge in [0.25, 0.3) is 0 Å². The number of H-pyrrole nitrogens is 3. The van der Waals surface area contributed by atoms with E-state index < -0.39 is 0 Å². The number of hydrogen-bond acceptors (Lipinski definition) is 3. The van der Waals surface area contributed by atoms with Crippen LogP contribution in [0.3, 0.4) is 0 Å². The summed E-state index contributed by atoms with van der Waals surface area (Å²) in [6, 6.07) is 11.8. The molecule has 6 heteroatoms. The summed E-state index contributed by atoms with van der Waals surface area (Å²) >= 11 is 0. The van der Waals surface area contributed by atoms with Crippen LogP contribution in [-0.2, 0) is 11.2 Å². The number of rotatable bonds is 5. The summed E-state index contributed by atoms with van der Waals surface area (Å²) in [7, 11) is 1.80. The van der Waals surface area contributed by atoms with Gasteiger partial charge in [-0.15, -0.1) is 0 Å². The second-order valence-electron chi connectivity index (χ2n) is 6.54. The third-order valence-electron chi connectivity index (χ3n) is 4.89. The van der Waals surface area contributed by atoms with E-state index in [4.69, 9.17) is 0 Å². The summed E-state index contributed by atoms with van der Waals surface area (Å²) in [5, 5.41) is 4.18. The van der Waals surface area contributed by atoms with Gasteiger partial charge in [-0.25, -0.2) is 4.79 Å². The molecule has 0 aliphatic rings. The first-order valence-electron chi connectivity index (χ1n) is 8.56. The predicted molar refractivity (Wildman–Crippen MR) is 103 cm³/mol. The Hall–Kier alpha value is -3.12. The zero-order chi connectivity index (χ0) is 18.3. The molecule has 2 aromatic heterocycles. The highest BCUT2D eigenvalue weighted by atomic mass is 16.1. The molecular formula is C20H20N4O2. The third-order valence-corrected chi connectivity index (χ3v) is 4.89. The predicted octanol–water partition coefficient (Wildman–Crippen LogP) is 2.72. The zero-order valence-corrected chi connectivity index (χ0v) is 14.6. The minimum atomic E-state index is -0.208. The van der Waals surface area contributed by atoms with Gasteiger partial charge in [0.1, 0.15) is 5.78 Å². The Bertz CT molecular complexity index is 1170. The van der Waals surface area contributed by atoms with Crippen LogP contribution in [-0.4, -0.2) is 33.8 Å². The van der Waals surface area contributed by atoms with E-state index in [9.17, 15) is 9.59 Å². The van der Waals surface area contributed by atoms with Crippen molar-refractivity contribution in [1.82, 2.24) is 20.3 Å². The molecule has 0 fully saturated rings. The first kappa shape index (κ1) is 16.4. The number of carbonyl (C=O) groups is 1. The highest BCUT2D eigenvalue weighted by molar-refractivity contribution is 5.98. The van der Waals surface area contributed by atoms with E-state index in [0.29, 0.717) is 6.42 Å². The van der Waals surface area contributed by atoms with Gasteiger partial charge in [0.15, 0.2) is 0 Å². The maximum absolute atomic E-state index is 11.7. The number of benzene rings is 2. The molecule has 26 heavy (non-hydrogen) atoms. The molecule has 0 saturated carbocycles. The molecule has 2 aromatic carbocycles. The quantitative estimate of drug-likeness (QED) is 0.447. The van der Waals surface area contributed by atoms with Crippen molar-refractivity contribution in [2.45, 2.75) is 19.4 Å². The number of ketones is 1. The highest BCUT2D eigenvalue weighted by Gasteiger charge is 2.16. The van der Waals surface area contributed by atoms with Gasteiger partial charge in [-0.1, -0.05) is 24.3 Å². The Balaban J connectivity index is 1.80. The van der Waals surface area contributed by atoms with E-state index >= 15 is 0 Å². The lowest BCUT2D eigenvalue weighted by atomic mass is 9.98. The van der Waals surface area contributed by atoms with Gasteiger partial charge in [-0.2, -0.15) is 0 Å². The molecule has 0 aliphatic heterocycles. The van der Waals surface area contributed by atoms with E-state index in [1.165, 1.54) is 0 Å². The molecule has 0 aliphatic carbocycles. The number of aromatic amines is 3. The van der Waals surface area contributed by atoms with Crippen LogP contribution >= 0.6 is 0 Å². The van der Waals surface area contributed by atoms with Gasteiger partial charge < -0.3 is 20.3 Å². The van der Waals surface area contributed by atoms with E-state index in [-0.39, 0.29) is 17.5 Å². The molecule has 6 nitrogen and oxygen atoms in total. The van der Waals surface area contributed by atoms with Gasteiger partial charge in [-0.3, -0.25) is 4.79 Å². The number of fused-ring (bicyclic) bond motifs is 2. The molecule has 4 rings (SSSR count). The van der Waals surface area contributed by atoms with Crippen molar-refractivity contribution in [2.75, 3.05) is 7.05 Å². The summed E-state index contributed by atoms with van der Waals surface area (Å²) in [5.74, 6) is 0.125. The average Bonchev–Trinajstić information content (AvgIpc) is 3.20. The Labute approximate surface area is 149 Å². The Morgan fingerprint density at radius 3 is 2.73 bits per heavy atom. The number of likely N-dealkylation sites (N-methyl/N-ethyl adjacent to an activating group) is 1. The van der Waals surface area contributed by atoms with Gasteiger partial charge in [0.2, 0.25) is 0 Å². The lowest BCUT2D eigenvalue weighted by molar-refractivity contribution is -0.118. The molecular weight excluding hydrogens is 328 g/mol. The zero-order valence-electron chi connectivity index (χ0n) is 14.6. The molecule has 0 saturated heterocycles. The monoisotopic (exact) mass is 348 g/mol. The van der Waals surface area contributed by atoms with Gasteiger partial charge in [0, 0.05) is 17.1 Å². The fourth-order valence-corrected chi connectivity index (χ4v) is 3.49.